The molecule has 0 spiro atoms. The molecule has 3 amide bonds. The lowest BCUT2D eigenvalue weighted by atomic mass is 9.62. The van der Waals surface area contributed by atoms with Crippen LogP contribution in [0.15, 0.2) is 66.9 Å². The van der Waals surface area contributed by atoms with Gasteiger partial charge in [0.2, 0.25) is 11.8 Å². The van der Waals surface area contributed by atoms with Crippen molar-refractivity contribution in [1.29, 1.82) is 0 Å². The van der Waals surface area contributed by atoms with E-state index >= 15 is 0 Å². The topological polar surface area (TPSA) is 130 Å². The number of hydrogen-bond donors (Lipinski definition) is 4. The number of benzene rings is 2. The van der Waals surface area contributed by atoms with Crippen molar-refractivity contribution in [2.45, 2.75) is 115 Å². The zero-order valence-electron chi connectivity index (χ0n) is 28.9. The summed E-state index contributed by atoms with van der Waals surface area (Å²) in [6, 6.07) is 20.1. The van der Waals surface area contributed by atoms with E-state index in [1.165, 1.54) is 0 Å². The zero-order valence-corrected chi connectivity index (χ0v) is 28.9. The first kappa shape index (κ1) is 35.1. The SMILES string of the molecule is CCCC(=O)NC1CCC(CC(=O)Nc2cc(-c3ccccc3)c(-c3ccc(C4(NC(=O)OC(C)(C)C)CC(C)(O)C4)cc3)cn2)CC1. The molecule has 2 fully saturated rings. The number of nitrogens with one attached hydrogen (secondary N) is 3. The van der Waals surface area contributed by atoms with Crippen molar-refractivity contribution in [3.8, 4) is 22.3 Å². The van der Waals surface area contributed by atoms with Gasteiger partial charge in [0, 0.05) is 43.5 Å². The van der Waals surface area contributed by atoms with Gasteiger partial charge in [0.05, 0.1) is 11.1 Å². The van der Waals surface area contributed by atoms with Crippen molar-refractivity contribution in [2.75, 3.05) is 5.32 Å². The fourth-order valence-corrected chi connectivity index (χ4v) is 7.19. The second-order valence-corrected chi connectivity index (χ2v) is 14.9. The second kappa shape index (κ2) is 14.5. The predicted molar refractivity (Wildman–Crippen MR) is 188 cm³/mol. The Morgan fingerprint density at radius 2 is 1.56 bits per heavy atom. The van der Waals surface area contributed by atoms with Crippen LogP contribution in [0.25, 0.3) is 22.3 Å². The summed E-state index contributed by atoms with van der Waals surface area (Å²) in [6.45, 7) is 9.25. The highest BCUT2D eigenvalue weighted by molar-refractivity contribution is 5.92. The third-order valence-electron chi connectivity index (χ3n) is 9.27. The van der Waals surface area contributed by atoms with E-state index in [1.807, 2.05) is 88.4 Å². The fraction of sp³-hybridized carbons (Fsp3) is 0.487. The maximum absolute atomic E-state index is 13.1. The molecule has 9 nitrogen and oxygen atoms in total. The number of carbonyl (C=O) groups excluding carboxylic acids is 3. The Labute approximate surface area is 284 Å². The van der Waals surface area contributed by atoms with Crippen LogP contribution in [0.4, 0.5) is 10.6 Å². The van der Waals surface area contributed by atoms with Gasteiger partial charge >= 0.3 is 6.09 Å². The van der Waals surface area contributed by atoms with Crippen molar-refractivity contribution >= 4 is 23.7 Å². The van der Waals surface area contributed by atoms with Crippen molar-refractivity contribution in [3.05, 3.63) is 72.4 Å². The molecular formula is C39H50N4O5. The Balaban J connectivity index is 1.30. The van der Waals surface area contributed by atoms with Gasteiger partial charge in [-0.3, -0.25) is 9.59 Å². The number of pyridine rings is 1. The van der Waals surface area contributed by atoms with E-state index in [0.717, 1.165) is 59.9 Å². The summed E-state index contributed by atoms with van der Waals surface area (Å²) in [7, 11) is 0. The lowest BCUT2D eigenvalue weighted by molar-refractivity contribution is -0.122. The molecule has 2 aliphatic rings. The van der Waals surface area contributed by atoms with Gasteiger partial charge in [0.1, 0.15) is 11.4 Å². The highest BCUT2D eigenvalue weighted by Gasteiger charge is 2.53. The Morgan fingerprint density at radius 1 is 0.917 bits per heavy atom. The summed E-state index contributed by atoms with van der Waals surface area (Å²) in [4.78, 5) is 42.5. The second-order valence-electron chi connectivity index (χ2n) is 14.9. The van der Waals surface area contributed by atoms with Crippen LogP contribution in [0.1, 0.15) is 98.0 Å². The van der Waals surface area contributed by atoms with E-state index in [4.69, 9.17) is 4.74 Å². The van der Waals surface area contributed by atoms with Gasteiger partial charge < -0.3 is 25.8 Å². The van der Waals surface area contributed by atoms with Crippen LogP contribution in [-0.2, 0) is 19.9 Å². The molecule has 5 rings (SSSR count). The van der Waals surface area contributed by atoms with Gasteiger partial charge in [0.15, 0.2) is 0 Å². The lowest BCUT2D eigenvalue weighted by Gasteiger charge is -2.52. The fourth-order valence-electron chi connectivity index (χ4n) is 7.19. The van der Waals surface area contributed by atoms with Gasteiger partial charge in [-0.15, -0.1) is 0 Å². The first-order valence-corrected chi connectivity index (χ1v) is 17.2. The lowest BCUT2D eigenvalue weighted by Crippen LogP contribution is -2.62. The molecule has 256 valence electrons. The first-order chi connectivity index (χ1) is 22.7. The van der Waals surface area contributed by atoms with Crippen LogP contribution in [0.2, 0.25) is 0 Å². The van der Waals surface area contributed by atoms with Crippen LogP contribution in [0, 0.1) is 5.92 Å². The average Bonchev–Trinajstić information content (AvgIpc) is 3.00. The smallest absolute Gasteiger partial charge is 0.408 e. The number of amides is 3. The highest BCUT2D eigenvalue weighted by Crippen LogP contribution is 2.49. The van der Waals surface area contributed by atoms with Crippen LogP contribution in [-0.4, -0.2) is 45.2 Å². The molecule has 2 saturated carbocycles. The van der Waals surface area contributed by atoms with Crippen LogP contribution < -0.4 is 16.0 Å². The van der Waals surface area contributed by atoms with E-state index < -0.39 is 22.8 Å². The van der Waals surface area contributed by atoms with Crippen LogP contribution >= 0.6 is 0 Å². The first-order valence-electron chi connectivity index (χ1n) is 17.2. The predicted octanol–water partition coefficient (Wildman–Crippen LogP) is 7.48. The molecule has 48 heavy (non-hydrogen) atoms. The van der Waals surface area contributed by atoms with Crippen molar-refractivity contribution < 1.29 is 24.2 Å². The number of carbonyl (C=O) groups is 3. The minimum atomic E-state index is -0.885. The third kappa shape index (κ3) is 9.01. The standard InChI is InChI=1S/C39H50N4O5/c1-6-10-34(44)41-30-19-13-26(14-20-30)21-35(45)42-33-22-31(27-11-8-7-9-12-27)32(23-40-33)28-15-17-29(18-16-28)39(24-38(5,47)25-39)43-36(46)48-37(2,3)4/h7-9,11-12,15-18,22-23,26,30,47H,6,10,13-14,19-21,24-25H2,1-5H3,(H,41,44)(H,43,46)(H,40,42,45). The van der Waals surface area contributed by atoms with Gasteiger partial charge in [0.25, 0.3) is 0 Å². The molecule has 1 heterocycles. The molecule has 4 N–H and O–H groups in total. The Hall–Kier alpha value is -4.24. The number of alkyl carbamates (subject to hydrolysis) is 1. The van der Waals surface area contributed by atoms with Crippen LogP contribution in [0.5, 0.6) is 0 Å². The normalized spacial score (nSPS) is 23.8. The molecule has 3 aromatic rings. The third-order valence-corrected chi connectivity index (χ3v) is 9.27. The largest absolute Gasteiger partial charge is 0.444 e. The molecule has 0 saturated heterocycles. The molecule has 1 aromatic heterocycles. The minimum Gasteiger partial charge on any atom is -0.444 e. The highest BCUT2D eigenvalue weighted by atomic mass is 16.6. The van der Waals surface area contributed by atoms with E-state index in [2.05, 4.69) is 20.9 Å². The summed E-state index contributed by atoms with van der Waals surface area (Å²) in [5.74, 6) is 0.835. The van der Waals surface area contributed by atoms with Crippen molar-refractivity contribution in [2.24, 2.45) is 5.92 Å². The number of aromatic nitrogens is 1. The molecule has 0 bridgehead atoms. The molecule has 0 radical (unpaired) electrons. The summed E-state index contributed by atoms with van der Waals surface area (Å²) in [5.41, 5.74) is 2.40. The summed E-state index contributed by atoms with van der Waals surface area (Å²) < 4.78 is 5.54. The number of anilines is 1. The van der Waals surface area contributed by atoms with E-state index in [0.29, 0.717) is 31.5 Å². The molecule has 9 heteroatoms. The summed E-state index contributed by atoms with van der Waals surface area (Å²) in [5, 5.41) is 19.8. The number of rotatable bonds is 10. The molecular weight excluding hydrogens is 604 g/mol. The van der Waals surface area contributed by atoms with Gasteiger partial charge in [-0.25, -0.2) is 9.78 Å². The number of hydrogen-bond acceptors (Lipinski definition) is 6. The minimum absolute atomic E-state index is 0.0590. The number of nitrogens with zero attached hydrogens (tertiary/aromatic N) is 1. The Morgan fingerprint density at radius 3 is 2.17 bits per heavy atom. The van der Waals surface area contributed by atoms with E-state index in [-0.39, 0.29) is 23.8 Å². The van der Waals surface area contributed by atoms with Crippen molar-refractivity contribution in [1.82, 2.24) is 15.6 Å². The Kier molecular flexibility index (Phi) is 10.6. The zero-order chi connectivity index (χ0) is 34.5. The monoisotopic (exact) mass is 654 g/mol. The summed E-state index contributed by atoms with van der Waals surface area (Å²) in [6.07, 6.45) is 7.47. The van der Waals surface area contributed by atoms with E-state index in [9.17, 15) is 19.5 Å². The average molecular weight is 655 g/mol. The molecule has 0 atom stereocenters. The van der Waals surface area contributed by atoms with E-state index in [1.54, 1.807) is 13.1 Å². The van der Waals surface area contributed by atoms with Gasteiger partial charge in [-0.05, 0) is 94.0 Å². The summed E-state index contributed by atoms with van der Waals surface area (Å²) >= 11 is 0. The molecule has 2 aromatic carbocycles. The maximum Gasteiger partial charge on any atom is 0.408 e. The number of ether oxygens (including phenoxy) is 1. The molecule has 2 aliphatic carbocycles. The molecule has 0 aliphatic heterocycles. The van der Waals surface area contributed by atoms with Crippen molar-refractivity contribution in [3.63, 3.8) is 0 Å². The number of aliphatic hydroxyl groups is 1. The maximum atomic E-state index is 13.1. The Bertz CT molecular complexity index is 1580. The van der Waals surface area contributed by atoms with Crippen LogP contribution in [0.3, 0.4) is 0 Å². The van der Waals surface area contributed by atoms with Gasteiger partial charge in [-0.2, -0.15) is 0 Å². The molecule has 0 unspecified atom stereocenters. The van der Waals surface area contributed by atoms with Gasteiger partial charge in [-0.1, -0.05) is 61.5 Å². The quantitative estimate of drug-likeness (QED) is 0.179.